The lowest BCUT2D eigenvalue weighted by atomic mass is 9.81. The highest BCUT2D eigenvalue weighted by molar-refractivity contribution is 5.65. The van der Waals surface area contributed by atoms with Crippen LogP contribution in [-0.2, 0) is 29.1 Å². The number of halogens is 6. The van der Waals surface area contributed by atoms with E-state index in [-0.39, 0.29) is 6.07 Å². The summed E-state index contributed by atoms with van der Waals surface area (Å²) in [5, 5.41) is 11.2. The number of primary amides is 1. The molecular weight excluding hydrogens is 404 g/mol. The molecule has 0 saturated heterocycles. The Kier molecular flexibility index (Phi) is 6.17. The first-order chi connectivity index (χ1) is 13.2. The summed E-state index contributed by atoms with van der Waals surface area (Å²) in [6, 6.07) is 8.56. The van der Waals surface area contributed by atoms with Crippen LogP contribution in [0.4, 0.5) is 31.1 Å². The van der Waals surface area contributed by atoms with E-state index in [1.54, 1.807) is 18.2 Å². The zero-order valence-corrected chi connectivity index (χ0v) is 15.0. The lowest BCUT2D eigenvalue weighted by Gasteiger charge is -2.35. The van der Waals surface area contributed by atoms with Crippen LogP contribution in [-0.4, -0.2) is 17.3 Å². The van der Waals surface area contributed by atoms with Gasteiger partial charge in [0.2, 0.25) is 0 Å². The second kappa shape index (κ2) is 7.94. The summed E-state index contributed by atoms with van der Waals surface area (Å²) >= 11 is 0. The number of ether oxygens (including phenoxy) is 1. The van der Waals surface area contributed by atoms with Crippen molar-refractivity contribution < 1.29 is 41.0 Å². The van der Waals surface area contributed by atoms with E-state index in [1.807, 2.05) is 0 Å². The van der Waals surface area contributed by atoms with Crippen LogP contribution in [0, 0.1) is 0 Å². The van der Waals surface area contributed by atoms with E-state index in [4.69, 9.17) is 10.5 Å². The number of carbonyl (C=O) groups excluding carboxylic acids is 1. The van der Waals surface area contributed by atoms with Gasteiger partial charge in [-0.15, -0.1) is 0 Å². The fraction of sp³-hybridized carbons (Fsp3) is 0.316. The molecule has 10 heteroatoms. The third-order valence-corrected chi connectivity index (χ3v) is 4.37. The summed E-state index contributed by atoms with van der Waals surface area (Å²) in [6.07, 6.45) is -13.5. The second-order valence-electron chi connectivity index (χ2n) is 6.46. The van der Waals surface area contributed by atoms with Crippen molar-refractivity contribution in [2.45, 2.75) is 37.4 Å². The molecule has 0 aliphatic carbocycles. The smallest absolute Gasteiger partial charge is 0.416 e. The second-order valence-corrected chi connectivity index (χ2v) is 6.46. The molecule has 0 aliphatic heterocycles. The monoisotopic (exact) mass is 421 g/mol. The van der Waals surface area contributed by atoms with Crippen LogP contribution in [0.15, 0.2) is 48.5 Å². The molecule has 29 heavy (non-hydrogen) atoms. The van der Waals surface area contributed by atoms with E-state index in [2.05, 4.69) is 0 Å². The average Bonchev–Trinajstić information content (AvgIpc) is 2.60. The van der Waals surface area contributed by atoms with E-state index in [9.17, 15) is 36.2 Å². The number of nitrogens with two attached hydrogens (primary N) is 1. The van der Waals surface area contributed by atoms with Crippen molar-refractivity contribution in [3.63, 3.8) is 0 Å². The van der Waals surface area contributed by atoms with Crippen molar-refractivity contribution in [3.05, 3.63) is 70.8 Å². The third-order valence-electron chi connectivity index (χ3n) is 4.37. The maximum Gasteiger partial charge on any atom is 0.416 e. The molecule has 0 aliphatic rings. The number of carbonyl (C=O) groups is 1. The van der Waals surface area contributed by atoms with Crippen molar-refractivity contribution >= 4 is 6.09 Å². The predicted molar refractivity (Wildman–Crippen MR) is 90.6 cm³/mol. The first kappa shape index (κ1) is 22.5. The minimum absolute atomic E-state index is 0.0496. The van der Waals surface area contributed by atoms with E-state index >= 15 is 0 Å². The number of amides is 1. The molecule has 2 aromatic carbocycles. The van der Waals surface area contributed by atoms with E-state index in [0.717, 1.165) is 6.92 Å². The Morgan fingerprint density at radius 2 is 1.41 bits per heavy atom. The van der Waals surface area contributed by atoms with Crippen LogP contribution in [0.3, 0.4) is 0 Å². The molecule has 0 heterocycles. The summed E-state index contributed by atoms with van der Waals surface area (Å²) < 4.78 is 84.0. The van der Waals surface area contributed by atoms with Crippen molar-refractivity contribution in [1.82, 2.24) is 0 Å². The number of alkyl halides is 6. The van der Waals surface area contributed by atoms with Gasteiger partial charge in [0.25, 0.3) is 0 Å². The van der Waals surface area contributed by atoms with Crippen LogP contribution in [0.5, 0.6) is 0 Å². The number of rotatable bonds is 5. The summed E-state index contributed by atoms with van der Waals surface area (Å²) in [6.45, 7) is 1.13. The summed E-state index contributed by atoms with van der Waals surface area (Å²) in [5.74, 6) is 0. The van der Waals surface area contributed by atoms with Crippen LogP contribution < -0.4 is 5.73 Å². The predicted octanol–water partition coefficient (Wildman–Crippen LogP) is 4.64. The highest BCUT2D eigenvalue weighted by Gasteiger charge is 2.43. The maximum absolute atomic E-state index is 13.2. The molecule has 2 aromatic rings. The van der Waals surface area contributed by atoms with Crippen LogP contribution >= 0.6 is 0 Å². The van der Waals surface area contributed by atoms with Gasteiger partial charge < -0.3 is 15.6 Å². The molecule has 1 amide bonds. The molecule has 2 rings (SSSR count). The number of aliphatic hydroxyl groups is 1. The zero-order valence-electron chi connectivity index (χ0n) is 15.0. The quantitative estimate of drug-likeness (QED) is 0.691. The molecule has 0 aromatic heterocycles. The Bertz CT molecular complexity index is 834. The molecular formula is C19H17F6NO3. The fourth-order valence-corrected chi connectivity index (χ4v) is 2.86. The first-order valence-electron chi connectivity index (χ1n) is 8.26. The summed E-state index contributed by atoms with van der Waals surface area (Å²) in [4.78, 5) is 11.1. The molecule has 1 unspecified atom stereocenters. The van der Waals surface area contributed by atoms with Gasteiger partial charge >= 0.3 is 18.4 Å². The lowest BCUT2D eigenvalue weighted by molar-refractivity contribution is -0.143. The Hall–Kier alpha value is -2.75. The van der Waals surface area contributed by atoms with Gasteiger partial charge in [0.05, 0.1) is 11.1 Å². The third kappa shape index (κ3) is 5.41. The van der Waals surface area contributed by atoms with Crippen molar-refractivity contribution in [2.24, 2.45) is 5.73 Å². The van der Waals surface area contributed by atoms with Crippen molar-refractivity contribution in [2.75, 3.05) is 0 Å². The summed E-state index contributed by atoms with van der Waals surface area (Å²) in [5.41, 5.74) is -1.01. The van der Waals surface area contributed by atoms with E-state index in [0.29, 0.717) is 17.7 Å². The zero-order chi connectivity index (χ0) is 22.0. The molecule has 0 fully saturated rings. The molecule has 3 N–H and O–H groups in total. The minimum Gasteiger partial charge on any atom is -0.443 e. The Balaban J connectivity index is 2.70. The fourth-order valence-electron chi connectivity index (χ4n) is 2.86. The van der Waals surface area contributed by atoms with Gasteiger partial charge in [-0.2, -0.15) is 26.3 Å². The standard InChI is InChI=1S/C19H17F6NO3/c1-11(29-16(26)27)17(28,10-12-5-3-2-4-6-12)13-7-14(18(20,21)22)9-15(8-13)19(23,24)25/h2-9,11,28H,10H2,1H3,(H2,26,27)/t11-,17?/m0/s1. The van der Waals surface area contributed by atoms with Gasteiger partial charge in [-0.3, -0.25) is 0 Å². The minimum atomic E-state index is -5.10. The largest absolute Gasteiger partial charge is 0.443 e. The lowest BCUT2D eigenvalue weighted by Crippen LogP contribution is -2.43. The van der Waals surface area contributed by atoms with Gasteiger partial charge in [-0.25, -0.2) is 4.79 Å². The van der Waals surface area contributed by atoms with Crippen molar-refractivity contribution in [3.8, 4) is 0 Å². The van der Waals surface area contributed by atoms with E-state index < -0.39 is 53.3 Å². The van der Waals surface area contributed by atoms with Gasteiger partial charge in [-0.1, -0.05) is 30.3 Å². The van der Waals surface area contributed by atoms with Crippen LogP contribution in [0.25, 0.3) is 0 Å². The molecule has 2 atom stereocenters. The SMILES string of the molecule is C[C@H](OC(N)=O)C(O)(Cc1ccccc1)c1cc(C(F)(F)F)cc(C(F)(F)F)c1. The number of hydrogen-bond donors (Lipinski definition) is 2. The van der Waals surface area contributed by atoms with Crippen molar-refractivity contribution in [1.29, 1.82) is 0 Å². The normalized spacial score (nSPS) is 15.4. The maximum atomic E-state index is 13.2. The van der Waals surface area contributed by atoms with Gasteiger partial charge in [0.15, 0.2) is 0 Å². The van der Waals surface area contributed by atoms with Crippen LogP contribution in [0.2, 0.25) is 0 Å². The topological polar surface area (TPSA) is 72.5 Å². The number of hydrogen-bond acceptors (Lipinski definition) is 3. The Morgan fingerprint density at radius 1 is 0.966 bits per heavy atom. The molecule has 0 bridgehead atoms. The average molecular weight is 421 g/mol. The number of benzene rings is 2. The molecule has 0 radical (unpaired) electrons. The highest BCUT2D eigenvalue weighted by atomic mass is 19.4. The molecule has 158 valence electrons. The first-order valence-corrected chi connectivity index (χ1v) is 8.26. The molecule has 4 nitrogen and oxygen atoms in total. The van der Waals surface area contributed by atoms with Crippen LogP contribution in [0.1, 0.15) is 29.2 Å². The molecule has 0 saturated carbocycles. The Labute approximate surface area is 161 Å². The molecule has 0 spiro atoms. The van der Waals surface area contributed by atoms with Gasteiger partial charge in [-0.05, 0) is 36.2 Å². The van der Waals surface area contributed by atoms with Gasteiger partial charge in [0, 0.05) is 6.42 Å². The Morgan fingerprint density at radius 3 is 1.83 bits per heavy atom. The van der Waals surface area contributed by atoms with E-state index in [1.165, 1.54) is 12.1 Å². The highest BCUT2D eigenvalue weighted by Crippen LogP contribution is 2.40. The van der Waals surface area contributed by atoms with Gasteiger partial charge in [0.1, 0.15) is 11.7 Å². The summed E-state index contributed by atoms with van der Waals surface area (Å²) in [7, 11) is 0.